The maximum absolute atomic E-state index is 5.32. The molecule has 0 aliphatic carbocycles. The summed E-state index contributed by atoms with van der Waals surface area (Å²) < 4.78 is 5.32. The van der Waals surface area contributed by atoms with Crippen LogP contribution in [0.5, 0.6) is 5.75 Å². The minimum atomic E-state index is 0.659. The van der Waals surface area contributed by atoms with Crippen molar-refractivity contribution in [2.75, 3.05) is 12.4 Å². The molecule has 0 fully saturated rings. The molecular weight excluding hydrogens is 252 g/mol. The molecule has 2 aromatic heterocycles. The summed E-state index contributed by atoms with van der Waals surface area (Å²) in [5.41, 5.74) is 3.14. The van der Waals surface area contributed by atoms with E-state index in [1.807, 2.05) is 37.4 Å². The van der Waals surface area contributed by atoms with Crippen LogP contribution in [-0.2, 0) is 6.54 Å². The molecule has 0 amide bonds. The molecule has 3 aromatic rings. The number of aromatic amines is 1. The fourth-order valence-corrected chi connectivity index (χ4v) is 2.19. The predicted molar refractivity (Wildman–Crippen MR) is 78.9 cm³/mol. The molecule has 0 atom stereocenters. The first kappa shape index (κ1) is 12.5. The number of anilines is 1. The molecule has 0 saturated heterocycles. The van der Waals surface area contributed by atoms with Gasteiger partial charge in [0.05, 0.1) is 18.8 Å². The Morgan fingerprint density at radius 1 is 1.25 bits per heavy atom. The van der Waals surface area contributed by atoms with Crippen LogP contribution in [0.1, 0.15) is 11.3 Å². The summed E-state index contributed by atoms with van der Waals surface area (Å²) in [5, 5.41) is 11.5. The van der Waals surface area contributed by atoms with E-state index in [0.29, 0.717) is 6.54 Å². The maximum Gasteiger partial charge on any atom is 0.169 e. The standard InChI is InChI=1S/C15H16N4O/c1-10-6-7-13(20-2)15(18-10)16-8-11-4-3-5-12-9-17-19-14(11)12/h3-7,9H,8H2,1-2H3,(H,16,18)(H,17,19). The van der Waals surface area contributed by atoms with E-state index in [4.69, 9.17) is 4.74 Å². The third kappa shape index (κ3) is 2.30. The summed E-state index contributed by atoms with van der Waals surface area (Å²) in [6.45, 7) is 2.62. The number of methoxy groups -OCH3 is 1. The van der Waals surface area contributed by atoms with E-state index in [0.717, 1.165) is 33.7 Å². The number of para-hydroxylation sites is 1. The van der Waals surface area contributed by atoms with Crippen molar-refractivity contribution in [2.45, 2.75) is 13.5 Å². The molecule has 1 aromatic carbocycles. The zero-order valence-electron chi connectivity index (χ0n) is 11.5. The first-order valence-electron chi connectivity index (χ1n) is 6.44. The normalized spacial score (nSPS) is 10.7. The van der Waals surface area contributed by atoms with Gasteiger partial charge in [0.2, 0.25) is 0 Å². The lowest BCUT2D eigenvalue weighted by molar-refractivity contribution is 0.414. The minimum Gasteiger partial charge on any atom is -0.493 e. The van der Waals surface area contributed by atoms with Gasteiger partial charge in [-0.05, 0) is 24.6 Å². The number of fused-ring (bicyclic) bond motifs is 1. The summed E-state index contributed by atoms with van der Waals surface area (Å²) in [7, 11) is 1.65. The smallest absolute Gasteiger partial charge is 0.169 e. The Morgan fingerprint density at radius 2 is 2.15 bits per heavy atom. The van der Waals surface area contributed by atoms with Crippen LogP contribution < -0.4 is 10.1 Å². The van der Waals surface area contributed by atoms with Gasteiger partial charge in [-0.3, -0.25) is 5.10 Å². The first-order valence-corrected chi connectivity index (χ1v) is 6.44. The zero-order valence-corrected chi connectivity index (χ0v) is 11.5. The van der Waals surface area contributed by atoms with Crippen molar-refractivity contribution in [1.29, 1.82) is 0 Å². The Bertz CT molecular complexity index is 736. The molecule has 2 N–H and O–H groups in total. The largest absolute Gasteiger partial charge is 0.493 e. The lowest BCUT2D eigenvalue weighted by Crippen LogP contribution is -2.04. The van der Waals surface area contributed by atoms with E-state index < -0.39 is 0 Å². The highest BCUT2D eigenvalue weighted by Crippen LogP contribution is 2.23. The molecule has 20 heavy (non-hydrogen) atoms. The molecule has 5 heteroatoms. The van der Waals surface area contributed by atoms with Crippen molar-refractivity contribution in [3.8, 4) is 5.75 Å². The number of ether oxygens (including phenoxy) is 1. The highest BCUT2D eigenvalue weighted by atomic mass is 16.5. The SMILES string of the molecule is COc1ccc(C)nc1NCc1cccc2cn[nH]c12. The van der Waals surface area contributed by atoms with Crippen molar-refractivity contribution in [2.24, 2.45) is 0 Å². The molecule has 0 radical (unpaired) electrons. The Labute approximate surface area is 117 Å². The molecule has 0 bridgehead atoms. The van der Waals surface area contributed by atoms with E-state index in [2.05, 4.69) is 26.6 Å². The second-order valence-electron chi connectivity index (χ2n) is 4.61. The predicted octanol–water partition coefficient (Wildman–Crippen LogP) is 2.89. The van der Waals surface area contributed by atoms with Gasteiger partial charge in [0.25, 0.3) is 0 Å². The number of hydrogen-bond acceptors (Lipinski definition) is 4. The maximum atomic E-state index is 5.32. The van der Waals surface area contributed by atoms with Crippen molar-refractivity contribution >= 4 is 16.7 Å². The average Bonchev–Trinajstić information content (AvgIpc) is 2.94. The number of nitrogens with zero attached hydrogens (tertiary/aromatic N) is 2. The molecule has 0 aliphatic rings. The van der Waals surface area contributed by atoms with Crippen LogP contribution >= 0.6 is 0 Å². The molecule has 5 nitrogen and oxygen atoms in total. The molecular formula is C15H16N4O. The third-order valence-electron chi connectivity index (χ3n) is 3.23. The summed E-state index contributed by atoms with van der Waals surface area (Å²) in [6, 6.07) is 9.97. The number of hydrogen-bond donors (Lipinski definition) is 2. The first-order chi connectivity index (χ1) is 9.78. The van der Waals surface area contributed by atoms with E-state index in [9.17, 15) is 0 Å². The summed E-state index contributed by atoms with van der Waals surface area (Å²) in [6.07, 6.45) is 1.82. The van der Waals surface area contributed by atoms with Crippen LogP contribution in [0.3, 0.4) is 0 Å². The zero-order chi connectivity index (χ0) is 13.9. The number of aryl methyl sites for hydroxylation is 1. The summed E-state index contributed by atoms with van der Waals surface area (Å²) >= 11 is 0. The van der Waals surface area contributed by atoms with Crippen LogP contribution in [0.4, 0.5) is 5.82 Å². The molecule has 3 rings (SSSR count). The highest BCUT2D eigenvalue weighted by molar-refractivity contribution is 5.81. The Kier molecular flexibility index (Phi) is 3.25. The van der Waals surface area contributed by atoms with E-state index in [1.165, 1.54) is 0 Å². The number of H-pyrrole nitrogens is 1. The van der Waals surface area contributed by atoms with E-state index in [1.54, 1.807) is 7.11 Å². The van der Waals surface area contributed by atoms with Gasteiger partial charge >= 0.3 is 0 Å². The van der Waals surface area contributed by atoms with Crippen molar-refractivity contribution in [3.05, 3.63) is 47.8 Å². The Morgan fingerprint density at radius 3 is 3.00 bits per heavy atom. The monoisotopic (exact) mass is 268 g/mol. The molecule has 102 valence electrons. The third-order valence-corrected chi connectivity index (χ3v) is 3.23. The van der Waals surface area contributed by atoms with Crippen LogP contribution in [-0.4, -0.2) is 22.3 Å². The van der Waals surface area contributed by atoms with Gasteiger partial charge in [0.15, 0.2) is 11.6 Å². The second kappa shape index (κ2) is 5.21. The highest BCUT2D eigenvalue weighted by Gasteiger charge is 2.07. The van der Waals surface area contributed by atoms with Gasteiger partial charge in [-0.25, -0.2) is 4.98 Å². The molecule has 0 aliphatic heterocycles. The summed E-state index contributed by atoms with van der Waals surface area (Å²) in [4.78, 5) is 4.46. The van der Waals surface area contributed by atoms with Gasteiger partial charge in [0.1, 0.15) is 0 Å². The number of nitrogens with one attached hydrogen (secondary N) is 2. The van der Waals surface area contributed by atoms with Gasteiger partial charge in [-0.1, -0.05) is 18.2 Å². The lowest BCUT2D eigenvalue weighted by atomic mass is 10.1. The van der Waals surface area contributed by atoms with Crippen molar-refractivity contribution in [3.63, 3.8) is 0 Å². The van der Waals surface area contributed by atoms with Crippen LogP contribution in [0.25, 0.3) is 10.9 Å². The molecule has 0 unspecified atom stereocenters. The lowest BCUT2D eigenvalue weighted by Gasteiger charge is -2.11. The minimum absolute atomic E-state index is 0.659. The van der Waals surface area contributed by atoms with Crippen molar-refractivity contribution in [1.82, 2.24) is 15.2 Å². The number of benzene rings is 1. The fraction of sp³-hybridized carbons (Fsp3) is 0.200. The molecule has 2 heterocycles. The van der Waals surface area contributed by atoms with Gasteiger partial charge in [-0.15, -0.1) is 0 Å². The fourth-order valence-electron chi connectivity index (χ4n) is 2.19. The molecule has 0 spiro atoms. The number of rotatable bonds is 4. The van der Waals surface area contributed by atoms with E-state index in [-0.39, 0.29) is 0 Å². The van der Waals surface area contributed by atoms with Gasteiger partial charge < -0.3 is 10.1 Å². The van der Waals surface area contributed by atoms with Crippen LogP contribution in [0, 0.1) is 6.92 Å². The quantitative estimate of drug-likeness (QED) is 0.763. The Balaban J connectivity index is 1.86. The van der Waals surface area contributed by atoms with Crippen molar-refractivity contribution < 1.29 is 4.74 Å². The molecule has 0 saturated carbocycles. The topological polar surface area (TPSA) is 62.8 Å². The van der Waals surface area contributed by atoms with Crippen LogP contribution in [0.2, 0.25) is 0 Å². The number of pyridine rings is 1. The number of aromatic nitrogens is 3. The average molecular weight is 268 g/mol. The Hall–Kier alpha value is -2.56. The van der Waals surface area contributed by atoms with Gasteiger partial charge in [0, 0.05) is 17.6 Å². The summed E-state index contributed by atoms with van der Waals surface area (Å²) in [5.74, 6) is 1.50. The van der Waals surface area contributed by atoms with Gasteiger partial charge in [-0.2, -0.15) is 5.10 Å². The van der Waals surface area contributed by atoms with Crippen LogP contribution in [0.15, 0.2) is 36.5 Å². The van der Waals surface area contributed by atoms with E-state index >= 15 is 0 Å². The second-order valence-corrected chi connectivity index (χ2v) is 4.61.